The second-order valence-electron chi connectivity index (χ2n) is 8.46. The van der Waals surface area contributed by atoms with Crippen LogP contribution in [-0.4, -0.2) is 55.8 Å². The van der Waals surface area contributed by atoms with Crippen molar-refractivity contribution in [2.75, 3.05) is 19.6 Å². The van der Waals surface area contributed by atoms with Crippen LogP contribution in [-0.2, 0) is 7.05 Å². The fraction of sp³-hybridized carbons (Fsp3) is 0.522. The van der Waals surface area contributed by atoms with Gasteiger partial charge in [0.25, 0.3) is 11.8 Å². The number of aryl methyl sites for hydroxylation is 2. The maximum absolute atomic E-state index is 13.2. The summed E-state index contributed by atoms with van der Waals surface area (Å²) in [5.41, 5.74) is 1.51. The van der Waals surface area contributed by atoms with Gasteiger partial charge in [-0.3, -0.25) is 14.4 Å². The second-order valence-corrected chi connectivity index (χ2v) is 8.46. The van der Waals surface area contributed by atoms with E-state index in [-0.39, 0.29) is 23.4 Å². The van der Waals surface area contributed by atoms with Crippen LogP contribution in [0.3, 0.4) is 0 Å². The molecule has 0 bridgehead atoms. The van der Waals surface area contributed by atoms with E-state index in [0.717, 1.165) is 45.2 Å². The topological polar surface area (TPSA) is 88.4 Å². The van der Waals surface area contributed by atoms with Gasteiger partial charge in [0.15, 0.2) is 5.82 Å². The predicted molar refractivity (Wildman–Crippen MR) is 116 cm³/mol. The first-order valence-electron chi connectivity index (χ1n) is 11.1. The first kappa shape index (κ1) is 21.2. The van der Waals surface area contributed by atoms with E-state index in [1.54, 1.807) is 30.4 Å². The monoisotopic (exact) mass is 423 g/mol. The van der Waals surface area contributed by atoms with E-state index in [1.807, 2.05) is 11.8 Å². The van der Waals surface area contributed by atoms with Gasteiger partial charge in [-0.2, -0.15) is 0 Å². The number of pyridine rings is 1. The highest BCUT2D eigenvalue weighted by Gasteiger charge is 2.31. The van der Waals surface area contributed by atoms with Crippen LogP contribution in [0.5, 0.6) is 0 Å². The Bertz CT molecular complexity index is 1040. The summed E-state index contributed by atoms with van der Waals surface area (Å²) in [6.45, 7) is 4.02. The average Bonchev–Trinajstić information content (AvgIpc) is 2.80. The molecule has 2 aliphatic heterocycles. The van der Waals surface area contributed by atoms with Gasteiger partial charge in [0.2, 0.25) is 5.56 Å². The fourth-order valence-corrected chi connectivity index (χ4v) is 4.45. The zero-order chi connectivity index (χ0) is 22.0. The van der Waals surface area contributed by atoms with Crippen LogP contribution >= 0.6 is 0 Å². The number of piperidine rings is 2. The highest BCUT2D eigenvalue weighted by Crippen LogP contribution is 2.30. The van der Waals surface area contributed by atoms with Crippen LogP contribution in [0.15, 0.2) is 29.3 Å². The molecule has 2 aliphatic rings. The second kappa shape index (κ2) is 8.99. The molecule has 31 heavy (non-hydrogen) atoms. The van der Waals surface area contributed by atoms with Gasteiger partial charge in [-0.1, -0.05) is 0 Å². The van der Waals surface area contributed by atoms with Crippen molar-refractivity contribution in [3.05, 3.63) is 57.5 Å². The van der Waals surface area contributed by atoms with Crippen molar-refractivity contribution in [1.82, 2.24) is 24.3 Å². The molecule has 4 heterocycles. The smallest absolute Gasteiger partial charge is 0.257 e. The Labute approximate surface area is 181 Å². The lowest BCUT2D eigenvalue weighted by atomic mass is 10.00. The summed E-state index contributed by atoms with van der Waals surface area (Å²) in [5, 5.41) is 0. The van der Waals surface area contributed by atoms with Gasteiger partial charge >= 0.3 is 0 Å². The Kier molecular flexibility index (Phi) is 6.15. The standard InChI is InChI=1S/C23H29N5O3/c1-16-18(23(31)27-11-5-3-6-12-27)14-24-21(25-16)19-8-4-7-13-28(19)22(30)17-9-10-20(29)26(2)15-17/h9-10,14-15,19H,3-8,11-13H2,1-2H3/t19-/m1/s1. The number of aromatic nitrogens is 3. The van der Waals surface area contributed by atoms with Crippen molar-refractivity contribution in [3.63, 3.8) is 0 Å². The fourth-order valence-electron chi connectivity index (χ4n) is 4.45. The van der Waals surface area contributed by atoms with E-state index in [4.69, 9.17) is 0 Å². The number of likely N-dealkylation sites (tertiary alicyclic amines) is 2. The van der Waals surface area contributed by atoms with E-state index in [0.29, 0.717) is 29.2 Å². The van der Waals surface area contributed by atoms with Gasteiger partial charge in [-0.05, 0) is 51.5 Å². The molecule has 4 rings (SSSR count). The van der Waals surface area contributed by atoms with Crippen molar-refractivity contribution < 1.29 is 9.59 Å². The van der Waals surface area contributed by atoms with E-state index in [2.05, 4.69) is 9.97 Å². The summed E-state index contributed by atoms with van der Waals surface area (Å²) in [5.74, 6) is 0.436. The molecule has 0 spiro atoms. The lowest BCUT2D eigenvalue weighted by molar-refractivity contribution is 0.0596. The maximum Gasteiger partial charge on any atom is 0.257 e. The summed E-state index contributed by atoms with van der Waals surface area (Å²) in [6, 6.07) is 2.74. The van der Waals surface area contributed by atoms with E-state index in [1.165, 1.54) is 17.1 Å². The normalized spacial score (nSPS) is 19.4. The zero-order valence-corrected chi connectivity index (χ0v) is 18.2. The maximum atomic E-state index is 13.2. The summed E-state index contributed by atoms with van der Waals surface area (Å²) in [4.78, 5) is 50.6. The summed E-state index contributed by atoms with van der Waals surface area (Å²) < 4.78 is 1.41. The SMILES string of the molecule is Cc1nc([C@H]2CCCCN2C(=O)c2ccc(=O)n(C)c2)ncc1C(=O)N1CCCCC1. The quantitative estimate of drug-likeness (QED) is 0.757. The molecule has 0 unspecified atom stereocenters. The van der Waals surface area contributed by atoms with Gasteiger partial charge < -0.3 is 14.4 Å². The molecule has 2 saturated heterocycles. The van der Waals surface area contributed by atoms with Crippen molar-refractivity contribution >= 4 is 11.8 Å². The van der Waals surface area contributed by atoms with Gasteiger partial charge in [0.05, 0.1) is 22.9 Å². The molecule has 8 heteroatoms. The summed E-state index contributed by atoms with van der Waals surface area (Å²) >= 11 is 0. The molecule has 0 saturated carbocycles. The largest absolute Gasteiger partial charge is 0.339 e. The minimum absolute atomic E-state index is 0.00877. The Morgan fingerprint density at radius 2 is 1.74 bits per heavy atom. The number of hydrogen-bond donors (Lipinski definition) is 0. The van der Waals surface area contributed by atoms with Gasteiger partial charge in [0, 0.05) is 45.1 Å². The number of rotatable bonds is 3. The minimum atomic E-state index is -0.240. The molecule has 8 nitrogen and oxygen atoms in total. The first-order chi connectivity index (χ1) is 15.0. The molecule has 2 aromatic rings. The third-order valence-corrected chi connectivity index (χ3v) is 6.27. The highest BCUT2D eigenvalue weighted by molar-refractivity contribution is 5.95. The molecule has 2 aromatic heterocycles. The Hall–Kier alpha value is -3.03. The number of carbonyl (C=O) groups excluding carboxylic acids is 2. The van der Waals surface area contributed by atoms with Crippen molar-refractivity contribution in [2.45, 2.75) is 51.5 Å². The third kappa shape index (κ3) is 4.38. The van der Waals surface area contributed by atoms with Crippen LogP contribution in [0.1, 0.15) is 76.8 Å². The molecule has 0 radical (unpaired) electrons. The molecule has 1 atom stereocenters. The Balaban J connectivity index is 1.58. The van der Waals surface area contributed by atoms with E-state index in [9.17, 15) is 14.4 Å². The number of nitrogens with zero attached hydrogens (tertiary/aromatic N) is 5. The van der Waals surface area contributed by atoms with Crippen LogP contribution in [0.25, 0.3) is 0 Å². The molecular weight excluding hydrogens is 394 g/mol. The lowest BCUT2D eigenvalue weighted by Crippen LogP contribution is -2.40. The summed E-state index contributed by atoms with van der Waals surface area (Å²) in [6.07, 6.45) is 9.11. The molecule has 0 aliphatic carbocycles. The first-order valence-corrected chi connectivity index (χ1v) is 11.1. The number of hydrogen-bond acceptors (Lipinski definition) is 5. The van der Waals surface area contributed by atoms with Crippen LogP contribution in [0.4, 0.5) is 0 Å². The van der Waals surface area contributed by atoms with Gasteiger partial charge in [0.1, 0.15) is 0 Å². The van der Waals surface area contributed by atoms with E-state index >= 15 is 0 Å². The van der Waals surface area contributed by atoms with Crippen LogP contribution in [0.2, 0.25) is 0 Å². The summed E-state index contributed by atoms with van der Waals surface area (Å²) in [7, 11) is 1.64. The lowest BCUT2D eigenvalue weighted by Gasteiger charge is -2.35. The Morgan fingerprint density at radius 3 is 2.45 bits per heavy atom. The number of carbonyl (C=O) groups is 2. The van der Waals surface area contributed by atoms with Gasteiger partial charge in [-0.15, -0.1) is 0 Å². The Morgan fingerprint density at radius 1 is 1.00 bits per heavy atom. The molecule has 164 valence electrons. The molecule has 2 amide bonds. The molecule has 0 N–H and O–H groups in total. The number of amides is 2. The minimum Gasteiger partial charge on any atom is -0.339 e. The predicted octanol–water partition coefficient (Wildman–Crippen LogP) is 2.48. The van der Waals surface area contributed by atoms with Crippen molar-refractivity contribution in [1.29, 1.82) is 0 Å². The highest BCUT2D eigenvalue weighted by atomic mass is 16.2. The molecule has 0 aromatic carbocycles. The molecule has 2 fully saturated rings. The van der Waals surface area contributed by atoms with Crippen molar-refractivity contribution in [3.8, 4) is 0 Å². The zero-order valence-electron chi connectivity index (χ0n) is 18.2. The van der Waals surface area contributed by atoms with E-state index < -0.39 is 0 Å². The van der Waals surface area contributed by atoms with Crippen LogP contribution < -0.4 is 5.56 Å². The van der Waals surface area contributed by atoms with Crippen LogP contribution in [0, 0.1) is 6.92 Å². The third-order valence-electron chi connectivity index (χ3n) is 6.27. The average molecular weight is 424 g/mol. The molecular formula is C23H29N5O3. The van der Waals surface area contributed by atoms with Crippen molar-refractivity contribution in [2.24, 2.45) is 7.05 Å². The van der Waals surface area contributed by atoms with Gasteiger partial charge in [-0.25, -0.2) is 9.97 Å².